The predicted octanol–water partition coefficient (Wildman–Crippen LogP) is 1.75. The number of carbonyl (C=O) groups excluding carboxylic acids is 1. The summed E-state index contributed by atoms with van der Waals surface area (Å²) in [7, 11) is -2.98. The molecule has 3 N–H and O–H groups in total. The van der Waals surface area contributed by atoms with E-state index in [0.29, 0.717) is 11.8 Å². The SMILES string of the molecule is Cl.NC1CC2CS(=O)(=O)CC(C1)C2NC(=O)C1C2CC3CC(C2)CC1C3. The Hall–Kier alpha value is -0.330. The number of nitrogens with two attached hydrogens (primary N) is 1. The van der Waals surface area contributed by atoms with Gasteiger partial charge >= 0.3 is 0 Å². The number of nitrogens with one attached hydrogen (secondary N) is 1. The minimum atomic E-state index is -2.98. The molecule has 6 fully saturated rings. The average molecular weight is 403 g/mol. The van der Waals surface area contributed by atoms with Gasteiger partial charge in [-0.2, -0.15) is 0 Å². The minimum Gasteiger partial charge on any atom is -0.352 e. The number of carbonyl (C=O) groups is 1. The van der Waals surface area contributed by atoms with Crippen LogP contribution in [0, 0.1) is 41.4 Å². The molecule has 148 valence electrons. The zero-order chi connectivity index (χ0) is 17.3. The molecule has 2 atom stereocenters. The van der Waals surface area contributed by atoms with Crippen molar-refractivity contribution >= 4 is 28.2 Å². The standard InChI is InChI=1S/C19H30N2O3S.ClH/c20-16-6-14-8-25(23,24)9-15(7-16)18(14)21-19(22)17-12-2-10-1-11(4-12)5-13(17)3-10;/h10-18H,1-9,20H2,(H,21,22);1H. The number of fused-ring (bicyclic) bond motifs is 2. The van der Waals surface area contributed by atoms with Crippen LogP contribution in [-0.2, 0) is 14.6 Å². The monoisotopic (exact) mass is 402 g/mol. The lowest BCUT2D eigenvalue weighted by Gasteiger charge is -2.54. The molecule has 6 rings (SSSR count). The van der Waals surface area contributed by atoms with Crippen molar-refractivity contribution < 1.29 is 13.2 Å². The number of halogens is 1. The molecule has 6 aliphatic rings. The highest BCUT2D eigenvalue weighted by Crippen LogP contribution is 2.56. The molecule has 0 aromatic rings. The summed E-state index contributed by atoms with van der Waals surface area (Å²) >= 11 is 0. The van der Waals surface area contributed by atoms with E-state index in [0.717, 1.165) is 24.7 Å². The molecule has 5 saturated carbocycles. The Morgan fingerprint density at radius 2 is 1.31 bits per heavy atom. The van der Waals surface area contributed by atoms with Crippen molar-refractivity contribution in [2.24, 2.45) is 47.2 Å². The van der Waals surface area contributed by atoms with E-state index in [1.54, 1.807) is 0 Å². The van der Waals surface area contributed by atoms with Gasteiger partial charge in [0, 0.05) is 18.0 Å². The van der Waals surface area contributed by atoms with E-state index >= 15 is 0 Å². The zero-order valence-corrected chi connectivity index (χ0v) is 16.8. The number of amides is 1. The Morgan fingerprint density at radius 1 is 0.808 bits per heavy atom. The zero-order valence-electron chi connectivity index (χ0n) is 15.2. The summed E-state index contributed by atoms with van der Waals surface area (Å²) in [4.78, 5) is 13.2. The molecule has 7 heteroatoms. The summed E-state index contributed by atoms with van der Waals surface area (Å²) in [5.74, 6) is 3.70. The molecule has 0 spiro atoms. The first-order valence-electron chi connectivity index (χ1n) is 10.1. The van der Waals surface area contributed by atoms with Crippen molar-refractivity contribution in [2.45, 2.75) is 57.0 Å². The summed E-state index contributed by atoms with van der Waals surface area (Å²) in [5, 5.41) is 3.35. The van der Waals surface area contributed by atoms with Crippen molar-refractivity contribution in [3.8, 4) is 0 Å². The van der Waals surface area contributed by atoms with Crippen LogP contribution in [0.5, 0.6) is 0 Å². The second-order valence-electron chi connectivity index (χ2n) is 9.82. The van der Waals surface area contributed by atoms with Crippen LogP contribution < -0.4 is 11.1 Å². The summed E-state index contributed by atoms with van der Waals surface area (Å²) < 4.78 is 24.3. The number of hydrogen-bond donors (Lipinski definition) is 2. The maximum Gasteiger partial charge on any atom is 0.223 e. The molecule has 0 radical (unpaired) electrons. The lowest BCUT2D eigenvalue weighted by molar-refractivity contribution is -0.140. The van der Waals surface area contributed by atoms with E-state index in [-0.39, 0.29) is 59.7 Å². The Morgan fingerprint density at radius 3 is 1.81 bits per heavy atom. The van der Waals surface area contributed by atoms with E-state index in [1.165, 1.54) is 32.1 Å². The maximum atomic E-state index is 13.2. The van der Waals surface area contributed by atoms with Crippen LogP contribution in [0.1, 0.15) is 44.9 Å². The third kappa shape index (κ3) is 3.20. The molecule has 0 aromatic heterocycles. The second kappa shape index (κ2) is 6.63. The quantitative estimate of drug-likeness (QED) is 0.736. The van der Waals surface area contributed by atoms with Crippen molar-refractivity contribution in [3.05, 3.63) is 0 Å². The molecule has 1 heterocycles. The maximum absolute atomic E-state index is 13.2. The first kappa shape index (κ1) is 19.0. The number of hydrogen-bond acceptors (Lipinski definition) is 4. The molecule has 5 aliphatic carbocycles. The third-order valence-electron chi connectivity index (χ3n) is 8.00. The Kier molecular flexibility index (Phi) is 4.84. The summed E-state index contributed by atoms with van der Waals surface area (Å²) in [6.07, 6.45) is 7.79. The smallest absolute Gasteiger partial charge is 0.223 e. The molecule has 5 nitrogen and oxygen atoms in total. The van der Waals surface area contributed by atoms with Gasteiger partial charge in [0.2, 0.25) is 5.91 Å². The Labute approximate surface area is 162 Å². The van der Waals surface area contributed by atoms with Crippen LogP contribution in [0.4, 0.5) is 0 Å². The van der Waals surface area contributed by atoms with Crippen LogP contribution in [-0.4, -0.2) is 37.9 Å². The van der Waals surface area contributed by atoms with Crippen molar-refractivity contribution in [3.63, 3.8) is 0 Å². The largest absolute Gasteiger partial charge is 0.352 e. The third-order valence-corrected chi connectivity index (χ3v) is 9.87. The highest BCUT2D eigenvalue weighted by molar-refractivity contribution is 7.91. The molecular weight excluding hydrogens is 372 g/mol. The van der Waals surface area contributed by atoms with Crippen LogP contribution in [0.2, 0.25) is 0 Å². The highest BCUT2D eigenvalue weighted by Gasteiger charge is 2.52. The highest BCUT2D eigenvalue weighted by atomic mass is 35.5. The summed E-state index contributed by atoms with van der Waals surface area (Å²) in [6, 6.07) is 0.104. The lowest BCUT2D eigenvalue weighted by atomic mass is 9.51. The first-order valence-corrected chi connectivity index (χ1v) is 12.0. The van der Waals surface area contributed by atoms with Gasteiger partial charge in [-0.3, -0.25) is 4.79 Å². The fourth-order valence-corrected chi connectivity index (χ4v) is 9.59. The van der Waals surface area contributed by atoms with Crippen LogP contribution in [0.25, 0.3) is 0 Å². The number of rotatable bonds is 2. The Bertz CT molecular complexity index is 632. The van der Waals surface area contributed by atoms with Crippen LogP contribution in [0.3, 0.4) is 0 Å². The van der Waals surface area contributed by atoms with Gasteiger partial charge in [0.25, 0.3) is 0 Å². The molecule has 2 unspecified atom stereocenters. The van der Waals surface area contributed by atoms with Gasteiger partial charge < -0.3 is 11.1 Å². The van der Waals surface area contributed by atoms with E-state index < -0.39 is 9.84 Å². The van der Waals surface area contributed by atoms with Gasteiger partial charge in [0.1, 0.15) is 0 Å². The van der Waals surface area contributed by atoms with Gasteiger partial charge in [0.15, 0.2) is 9.84 Å². The van der Waals surface area contributed by atoms with Gasteiger partial charge in [-0.25, -0.2) is 8.42 Å². The van der Waals surface area contributed by atoms with E-state index in [1.807, 2.05) is 0 Å². The van der Waals surface area contributed by atoms with Gasteiger partial charge in [0.05, 0.1) is 11.5 Å². The van der Waals surface area contributed by atoms with E-state index in [9.17, 15) is 13.2 Å². The second-order valence-corrected chi connectivity index (χ2v) is 12.0. The fourth-order valence-electron chi connectivity index (χ4n) is 7.47. The topological polar surface area (TPSA) is 89.3 Å². The van der Waals surface area contributed by atoms with Crippen molar-refractivity contribution in [1.82, 2.24) is 5.32 Å². The molecular formula is C19H31ClN2O3S. The molecule has 6 bridgehead atoms. The molecule has 1 saturated heterocycles. The van der Waals surface area contributed by atoms with Gasteiger partial charge in [-0.05, 0) is 80.5 Å². The predicted molar refractivity (Wildman–Crippen MR) is 103 cm³/mol. The van der Waals surface area contributed by atoms with Crippen LogP contribution in [0.15, 0.2) is 0 Å². The summed E-state index contributed by atoms with van der Waals surface area (Å²) in [6.45, 7) is 0. The number of sulfone groups is 1. The normalized spacial score (nSPS) is 50.7. The Balaban J connectivity index is 0.00000168. The summed E-state index contributed by atoms with van der Waals surface area (Å²) in [5.41, 5.74) is 6.14. The molecule has 26 heavy (non-hydrogen) atoms. The average Bonchev–Trinajstić information content (AvgIpc) is 2.47. The minimum absolute atomic E-state index is 0. The van der Waals surface area contributed by atoms with Crippen molar-refractivity contribution in [1.29, 1.82) is 0 Å². The fraction of sp³-hybridized carbons (Fsp3) is 0.947. The van der Waals surface area contributed by atoms with Gasteiger partial charge in [-0.15, -0.1) is 12.4 Å². The van der Waals surface area contributed by atoms with Gasteiger partial charge in [-0.1, -0.05) is 0 Å². The van der Waals surface area contributed by atoms with E-state index in [4.69, 9.17) is 5.73 Å². The molecule has 1 aliphatic heterocycles. The van der Waals surface area contributed by atoms with Crippen molar-refractivity contribution in [2.75, 3.05) is 11.5 Å². The van der Waals surface area contributed by atoms with E-state index in [2.05, 4.69) is 5.32 Å². The van der Waals surface area contributed by atoms with Crippen LogP contribution >= 0.6 is 12.4 Å². The first-order chi connectivity index (χ1) is 11.9. The molecule has 1 amide bonds. The lowest BCUT2D eigenvalue weighted by Crippen LogP contribution is -2.61. The molecule has 0 aromatic carbocycles.